The zero-order valence-electron chi connectivity index (χ0n) is 15.1. The molecule has 3 aromatic rings. The molecule has 0 unspecified atom stereocenters. The molecule has 0 saturated heterocycles. The molecular weight excluding hydrogens is 384 g/mol. The number of benzene rings is 2. The maximum absolute atomic E-state index is 11.8. The summed E-state index contributed by atoms with van der Waals surface area (Å²) in [6.07, 6.45) is 0.432. The van der Waals surface area contributed by atoms with Crippen molar-refractivity contribution in [2.24, 2.45) is 0 Å². The molecule has 2 aromatic carbocycles. The van der Waals surface area contributed by atoms with Crippen molar-refractivity contribution < 1.29 is 23.6 Å². The van der Waals surface area contributed by atoms with E-state index in [2.05, 4.69) is 10.1 Å². The molecule has 0 aliphatic heterocycles. The van der Waals surface area contributed by atoms with Crippen LogP contribution in [0.1, 0.15) is 29.6 Å². The maximum Gasteiger partial charge on any atom is 0.344 e. The van der Waals surface area contributed by atoms with Crippen LogP contribution in [0.15, 0.2) is 53.1 Å². The average molecular weight is 401 g/mol. The molecular formula is C20H17ClN2O5. The Morgan fingerprint density at radius 1 is 1.07 bits per heavy atom. The minimum Gasteiger partial charge on any atom is -0.482 e. The monoisotopic (exact) mass is 400 g/mol. The van der Waals surface area contributed by atoms with E-state index in [-0.39, 0.29) is 24.9 Å². The quantitative estimate of drug-likeness (QED) is 0.415. The Balaban J connectivity index is 1.47. The molecule has 0 aliphatic carbocycles. The molecule has 144 valence electrons. The number of ketones is 1. The highest BCUT2D eigenvalue weighted by atomic mass is 35.5. The second-order valence-electron chi connectivity index (χ2n) is 5.77. The van der Waals surface area contributed by atoms with Crippen LogP contribution in [0.5, 0.6) is 5.75 Å². The molecule has 0 amide bonds. The molecule has 0 radical (unpaired) electrons. The van der Waals surface area contributed by atoms with Gasteiger partial charge in [0.2, 0.25) is 5.82 Å². The van der Waals surface area contributed by atoms with Crippen LogP contribution in [-0.2, 0) is 16.1 Å². The molecule has 0 atom stereocenters. The Bertz CT molecular complexity index is 951. The predicted molar refractivity (Wildman–Crippen MR) is 101 cm³/mol. The summed E-state index contributed by atoms with van der Waals surface area (Å²) in [4.78, 5) is 27.6. The Morgan fingerprint density at radius 2 is 1.79 bits per heavy atom. The highest BCUT2D eigenvalue weighted by Gasteiger charge is 2.12. The van der Waals surface area contributed by atoms with Crippen molar-refractivity contribution in [2.75, 3.05) is 6.61 Å². The highest BCUT2D eigenvalue weighted by Crippen LogP contribution is 2.19. The standard InChI is InChI=1S/C20H17ClN2O5/c1-2-17(24)13-5-9-16(10-6-13)26-12-19(25)27-11-18-22-20(23-28-18)14-3-7-15(21)8-4-14/h3-10H,2,11-12H2,1H3. The molecule has 3 rings (SSSR count). The second kappa shape index (κ2) is 9.14. The van der Waals surface area contributed by atoms with E-state index in [9.17, 15) is 9.59 Å². The number of Topliss-reactive ketones (excluding diaryl/α,β-unsaturated/α-hetero) is 1. The number of halogens is 1. The van der Waals surface area contributed by atoms with Crippen LogP contribution in [-0.4, -0.2) is 28.5 Å². The zero-order valence-corrected chi connectivity index (χ0v) is 15.8. The van der Waals surface area contributed by atoms with Gasteiger partial charge in [0.05, 0.1) is 0 Å². The fourth-order valence-corrected chi connectivity index (χ4v) is 2.42. The van der Waals surface area contributed by atoms with Gasteiger partial charge in [0.15, 0.2) is 19.0 Å². The van der Waals surface area contributed by atoms with Crippen molar-refractivity contribution in [3.8, 4) is 17.1 Å². The third-order valence-corrected chi connectivity index (χ3v) is 4.03. The topological polar surface area (TPSA) is 91.5 Å². The predicted octanol–water partition coefficient (Wildman–Crippen LogP) is 4.10. The van der Waals surface area contributed by atoms with Crippen molar-refractivity contribution in [2.45, 2.75) is 20.0 Å². The Hall–Kier alpha value is -3.19. The van der Waals surface area contributed by atoms with Crippen molar-refractivity contribution >= 4 is 23.4 Å². The lowest BCUT2D eigenvalue weighted by Crippen LogP contribution is -2.14. The summed E-state index contributed by atoms with van der Waals surface area (Å²) in [5.41, 5.74) is 1.34. The largest absolute Gasteiger partial charge is 0.482 e. The van der Waals surface area contributed by atoms with Gasteiger partial charge in [-0.1, -0.05) is 23.7 Å². The van der Waals surface area contributed by atoms with Gasteiger partial charge in [-0.15, -0.1) is 0 Å². The summed E-state index contributed by atoms with van der Waals surface area (Å²) < 4.78 is 15.5. The molecule has 1 aromatic heterocycles. The molecule has 0 aliphatic rings. The number of carbonyl (C=O) groups is 2. The van der Waals surface area contributed by atoms with Crippen molar-refractivity contribution in [1.29, 1.82) is 0 Å². The van der Waals surface area contributed by atoms with E-state index in [1.165, 1.54) is 0 Å². The number of hydrogen-bond acceptors (Lipinski definition) is 7. The van der Waals surface area contributed by atoms with Gasteiger partial charge in [0.25, 0.3) is 5.89 Å². The Labute approximate surface area is 166 Å². The lowest BCUT2D eigenvalue weighted by molar-refractivity contribution is -0.148. The van der Waals surface area contributed by atoms with Gasteiger partial charge in [0, 0.05) is 22.6 Å². The number of rotatable bonds is 8. The fourth-order valence-electron chi connectivity index (χ4n) is 2.30. The van der Waals surface area contributed by atoms with Crippen molar-refractivity contribution in [3.63, 3.8) is 0 Å². The van der Waals surface area contributed by atoms with Crippen LogP contribution in [0, 0.1) is 0 Å². The van der Waals surface area contributed by atoms with E-state index in [1.807, 2.05) is 0 Å². The molecule has 28 heavy (non-hydrogen) atoms. The summed E-state index contributed by atoms with van der Waals surface area (Å²) in [6.45, 7) is 1.36. The summed E-state index contributed by atoms with van der Waals surface area (Å²) in [5, 5.41) is 4.44. The first-order chi connectivity index (χ1) is 13.5. The van der Waals surface area contributed by atoms with Crippen LogP contribution in [0.25, 0.3) is 11.4 Å². The number of ether oxygens (including phenoxy) is 2. The van der Waals surface area contributed by atoms with Gasteiger partial charge in [-0.3, -0.25) is 4.79 Å². The summed E-state index contributed by atoms with van der Waals surface area (Å²) in [6, 6.07) is 13.5. The molecule has 0 saturated carbocycles. The zero-order chi connectivity index (χ0) is 19.9. The first-order valence-corrected chi connectivity index (χ1v) is 8.93. The molecule has 0 fully saturated rings. The van der Waals surface area contributed by atoms with Gasteiger partial charge in [0.1, 0.15) is 5.75 Å². The van der Waals surface area contributed by atoms with Gasteiger partial charge in [-0.25, -0.2) is 4.79 Å². The average Bonchev–Trinajstić information content (AvgIpc) is 3.20. The van der Waals surface area contributed by atoms with Crippen LogP contribution >= 0.6 is 11.6 Å². The molecule has 0 spiro atoms. The molecule has 8 heteroatoms. The van der Waals surface area contributed by atoms with Crippen LogP contribution in [0.2, 0.25) is 5.02 Å². The lowest BCUT2D eigenvalue weighted by atomic mass is 10.1. The van der Waals surface area contributed by atoms with Gasteiger partial charge in [-0.2, -0.15) is 4.98 Å². The van der Waals surface area contributed by atoms with Gasteiger partial charge in [-0.05, 0) is 48.5 Å². The van der Waals surface area contributed by atoms with Crippen LogP contribution < -0.4 is 4.74 Å². The van der Waals surface area contributed by atoms with E-state index >= 15 is 0 Å². The number of aromatic nitrogens is 2. The first-order valence-electron chi connectivity index (χ1n) is 8.55. The SMILES string of the molecule is CCC(=O)c1ccc(OCC(=O)OCc2nc(-c3ccc(Cl)cc3)no2)cc1. The molecule has 0 N–H and O–H groups in total. The minimum absolute atomic E-state index is 0.0449. The minimum atomic E-state index is -0.583. The second-order valence-corrected chi connectivity index (χ2v) is 6.21. The van der Waals surface area contributed by atoms with E-state index in [4.69, 9.17) is 25.6 Å². The normalized spacial score (nSPS) is 10.5. The first kappa shape index (κ1) is 19.6. The third kappa shape index (κ3) is 5.17. The number of hydrogen-bond donors (Lipinski definition) is 0. The maximum atomic E-state index is 11.8. The smallest absolute Gasteiger partial charge is 0.344 e. The highest BCUT2D eigenvalue weighted by molar-refractivity contribution is 6.30. The van der Waals surface area contributed by atoms with Gasteiger partial charge >= 0.3 is 5.97 Å². The number of nitrogens with zero attached hydrogens (tertiary/aromatic N) is 2. The number of carbonyl (C=O) groups excluding carboxylic acids is 2. The fraction of sp³-hybridized carbons (Fsp3) is 0.200. The molecule has 1 heterocycles. The lowest BCUT2D eigenvalue weighted by Gasteiger charge is -2.06. The molecule has 0 bridgehead atoms. The number of esters is 1. The van der Waals surface area contributed by atoms with Gasteiger partial charge < -0.3 is 14.0 Å². The Kier molecular flexibility index (Phi) is 6.39. The van der Waals surface area contributed by atoms with E-state index in [0.29, 0.717) is 28.6 Å². The van der Waals surface area contributed by atoms with E-state index < -0.39 is 5.97 Å². The summed E-state index contributed by atoms with van der Waals surface area (Å²) >= 11 is 5.84. The molecule has 7 nitrogen and oxygen atoms in total. The van der Waals surface area contributed by atoms with Crippen molar-refractivity contribution in [1.82, 2.24) is 10.1 Å². The Morgan fingerprint density at radius 3 is 2.46 bits per heavy atom. The van der Waals surface area contributed by atoms with Crippen molar-refractivity contribution in [3.05, 3.63) is 65.0 Å². The summed E-state index contributed by atoms with van der Waals surface area (Å²) in [5.74, 6) is 0.470. The third-order valence-electron chi connectivity index (χ3n) is 3.78. The van der Waals surface area contributed by atoms with E-state index in [0.717, 1.165) is 5.56 Å². The van der Waals surface area contributed by atoms with E-state index in [1.54, 1.807) is 55.5 Å². The van der Waals surface area contributed by atoms with Crippen LogP contribution in [0.3, 0.4) is 0 Å². The summed E-state index contributed by atoms with van der Waals surface area (Å²) in [7, 11) is 0. The van der Waals surface area contributed by atoms with Crippen LogP contribution in [0.4, 0.5) is 0 Å².